The van der Waals surface area contributed by atoms with E-state index in [2.05, 4.69) is 13.2 Å². The van der Waals surface area contributed by atoms with E-state index in [4.69, 9.17) is 28.4 Å². The van der Waals surface area contributed by atoms with Gasteiger partial charge < -0.3 is 28.4 Å². The molecule has 0 N–H and O–H groups in total. The van der Waals surface area contributed by atoms with E-state index in [0.29, 0.717) is 60.2 Å². The summed E-state index contributed by atoms with van der Waals surface area (Å²) in [5, 5.41) is 0. The number of ether oxygens (including phenoxy) is 6. The summed E-state index contributed by atoms with van der Waals surface area (Å²) in [6.45, 7) is 9.10. The van der Waals surface area contributed by atoms with Crippen molar-refractivity contribution in [3.05, 3.63) is 132 Å². The van der Waals surface area contributed by atoms with Gasteiger partial charge in [-0.05, 0) is 146 Å². The number of fused-ring (bicyclic) bond motifs is 3. The highest BCUT2D eigenvalue weighted by Crippen LogP contribution is 2.47. The monoisotopic (exact) mass is 796 g/mol. The molecule has 4 aromatic rings. The van der Waals surface area contributed by atoms with Crippen LogP contribution in [0.1, 0.15) is 96.1 Å². The fourth-order valence-electron chi connectivity index (χ4n) is 6.27. The molecular formula is C46H46F2O10. The Kier molecular flexibility index (Phi) is 15.7. The van der Waals surface area contributed by atoms with Gasteiger partial charge in [-0.25, -0.2) is 19.2 Å². The van der Waals surface area contributed by atoms with Crippen molar-refractivity contribution in [2.24, 2.45) is 0 Å². The van der Waals surface area contributed by atoms with Gasteiger partial charge in [0, 0.05) is 5.92 Å². The fourth-order valence-corrected chi connectivity index (χ4v) is 6.27. The number of hydrogen-bond acceptors (Lipinski definition) is 10. The predicted molar refractivity (Wildman–Crippen MR) is 213 cm³/mol. The van der Waals surface area contributed by atoms with Gasteiger partial charge in [0.2, 0.25) is 11.7 Å². The van der Waals surface area contributed by atoms with E-state index in [1.807, 2.05) is 31.2 Å². The zero-order valence-electron chi connectivity index (χ0n) is 32.4. The molecule has 10 nitrogen and oxygen atoms in total. The van der Waals surface area contributed by atoms with E-state index in [0.717, 1.165) is 60.8 Å². The Morgan fingerprint density at radius 3 is 1.21 bits per heavy atom. The summed E-state index contributed by atoms with van der Waals surface area (Å²) in [4.78, 5) is 48.1. The van der Waals surface area contributed by atoms with Crippen LogP contribution in [-0.2, 0) is 19.1 Å². The summed E-state index contributed by atoms with van der Waals surface area (Å²) in [6, 6.07) is 24.5. The van der Waals surface area contributed by atoms with E-state index in [1.165, 1.54) is 0 Å². The lowest BCUT2D eigenvalue weighted by Gasteiger charge is -2.11. The number of benzene rings is 4. The van der Waals surface area contributed by atoms with Gasteiger partial charge in [0.1, 0.15) is 23.0 Å². The van der Waals surface area contributed by atoms with Crippen molar-refractivity contribution in [1.82, 2.24) is 0 Å². The number of halogens is 2. The third-order valence-corrected chi connectivity index (χ3v) is 9.39. The molecule has 0 bridgehead atoms. The highest BCUT2D eigenvalue weighted by molar-refractivity contribution is 5.92. The van der Waals surface area contributed by atoms with Gasteiger partial charge in [-0.15, -0.1) is 0 Å². The van der Waals surface area contributed by atoms with Crippen molar-refractivity contribution in [2.45, 2.75) is 64.2 Å². The molecule has 0 radical (unpaired) electrons. The van der Waals surface area contributed by atoms with Crippen LogP contribution in [-0.4, -0.2) is 50.3 Å². The molecular weight excluding hydrogens is 750 g/mol. The molecule has 1 aliphatic carbocycles. The van der Waals surface area contributed by atoms with Gasteiger partial charge in [-0.2, -0.15) is 8.78 Å². The van der Waals surface area contributed by atoms with E-state index >= 15 is 0 Å². The van der Waals surface area contributed by atoms with E-state index in [1.54, 1.807) is 60.7 Å². The van der Waals surface area contributed by atoms with Crippen molar-refractivity contribution in [3.8, 4) is 34.1 Å². The maximum absolute atomic E-state index is 13.0. The molecule has 0 spiro atoms. The van der Waals surface area contributed by atoms with Gasteiger partial charge in [-0.1, -0.05) is 32.2 Å². The van der Waals surface area contributed by atoms with Crippen molar-refractivity contribution in [2.75, 3.05) is 26.4 Å². The Hall–Kier alpha value is -6.30. The lowest BCUT2D eigenvalue weighted by Crippen LogP contribution is -2.09. The SMILES string of the molecule is C=C(F)C(=O)OCCCCCCOc1ccc(C(=O)Oc2ccc3c(c2)C(C)c2cc(OC(=O)c4ccc(OCCCCCCOC(=O)C(=C)F)cc4)ccc2-3)cc1. The number of carbonyl (C=O) groups excluding carboxylic acids is 4. The molecule has 0 amide bonds. The van der Waals surface area contributed by atoms with Gasteiger partial charge >= 0.3 is 23.9 Å². The predicted octanol–water partition coefficient (Wildman–Crippen LogP) is 10.2. The van der Waals surface area contributed by atoms with E-state index < -0.39 is 35.5 Å². The Labute approximate surface area is 336 Å². The second kappa shape index (κ2) is 21.3. The smallest absolute Gasteiger partial charge is 0.366 e. The topological polar surface area (TPSA) is 124 Å². The largest absolute Gasteiger partial charge is 0.494 e. The summed E-state index contributed by atoms with van der Waals surface area (Å²) in [7, 11) is 0. The minimum Gasteiger partial charge on any atom is -0.494 e. The second-order valence-electron chi connectivity index (χ2n) is 13.7. The number of unbranched alkanes of at least 4 members (excludes halogenated alkanes) is 6. The third kappa shape index (κ3) is 12.3. The number of esters is 4. The molecule has 4 aromatic carbocycles. The number of hydrogen-bond donors (Lipinski definition) is 0. The molecule has 0 unspecified atom stereocenters. The van der Waals surface area contributed by atoms with Crippen molar-refractivity contribution < 1.29 is 56.4 Å². The zero-order valence-corrected chi connectivity index (χ0v) is 32.4. The van der Waals surface area contributed by atoms with Crippen LogP contribution in [0, 0.1) is 0 Å². The van der Waals surface area contributed by atoms with Gasteiger partial charge in [-0.3, -0.25) is 0 Å². The van der Waals surface area contributed by atoms with Crippen LogP contribution < -0.4 is 18.9 Å². The highest BCUT2D eigenvalue weighted by Gasteiger charge is 2.27. The first-order valence-electron chi connectivity index (χ1n) is 19.2. The van der Waals surface area contributed by atoms with Crippen LogP contribution in [0.5, 0.6) is 23.0 Å². The number of carbonyl (C=O) groups is 4. The molecule has 5 rings (SSSR count). The molecule has 0 fully saturated rings. The standard InChI is InChI=1S/C46H46F2O10/c1-30-41-28-37(57-45(51)33-12-16-35(17-13-33)53-24-8-4-6-10-26-55-43(49)31(2)47)20-22-39(41)40-23-21-38(29-42(30)40)58-46(52)34-14-18-36(19-15-34)54-25-9-5-7-11-27-56-44(50)32(3)48/h12-23,28-30H,2-11,24-27H2,1H3. The lowest BCUT2D eigenvalue weighted by atomic mass is 9.99. The zero-order chi connectivity index (χ0) is 41.4. The first-order valence-corrected chi connectivity index (χ1v) is 19.2. The summed E-state index contributed by atoms with van der Waals surface area (Å²) in [5.74, 6) is -3.24. The van der Waals surface area contributed by atoms with Gasteiger partial charge in [0.15, 0.2) is 0 Å². The van der Waals surface area contributed by atoms with Crippen molar-refractivity contribution in [1.29, 1.82) is 0 Å². The Bertz CT molecular complexity index is 1940. The lowest BCUT2D eigenvalue weighted by molar-refractivity contribution is -0.141. The first kappa shape index (κ1) is 42.8. The average molecular weight is 797 g/mol. The van der Waals surface area contributed by atoms with Crippen LogP contribution in [0.25, 0.3) is 11.1 Å². The summed E-state index contributed by atoms with van der Waals surface area (Å²) in [5.41, 5.74) is 4.74. The molecule has 0 saturated heterocycles. The van der Waals surface area contributed by atoms with Crippen LogP contribution >= 0.6 is 0 Å². The van der Waals surface area contributed by atoms with Crippen molar-refractivity contribution in [3.63, 3.8) is 0 Å². The molecule has 12 heteroatoms. The van der Waals surface area contributed by atoms with Crippen LogP contribution in [0.4, 0.5) is 8.78 Å². The average Bonchev–Trinajstić information content (AvgIpc) is 3.49. The van der Waals surface area contributed by atoms with Gasteiger partial charge in [0.05, 0.1) is 37.6 Å². The van der Waals surface area contributed by atoms with Crippen LogP contribution in [0.2, 0.25) is 0 Å². The molecule has 0 aromatic heterocycles. The van der Waals surface area contributed by atoms with Crippen LogP contribution in [0.15, 0.2) is 110 Å². The molecule has 304 valence electrons. The third-order valence-electron chi connectivity index (χ3n) is 9.39. The first-order chi connectivity index (χ1) is 28.0. The molecule has 0 saturated carbocycles. The Balaban J connectivity index is 1.04. The Morgan fingerprint density at radius 1 is 0.500 bits per heavy atom. The molecule has 0 aliphatic heterocycles. The summed E-state index contributed by atoms with van der Waals surface area (Å²) in [6.07, 6.45) is 6.11. The minimum absolute atomic E-state index is 0.0473. The van der Waals surface area contributed by atoms with Crippen molar-refractivity contribution >= 4 is 23.9 Å². The maximum Gasteiger partial charge on any atom is 0.366 e. The molecule has 0 heterocycles. The van der Waals surface area contributed by atoms with Crippen LogP contribution in [0.3, 0.4) is 0 Å². The fraction of sp³-hybridized carbons (Fsp3) is 0.304. The quantitative estimate of drug-likeness (QED) is 0.0329. The summed E-state index contributed by atoms with van der Waals surface area (Å²) >= 11 is 0. The minimum atomic E-state index is -1.10. The van der Waals surface area contributed by atoms with E-state index in [-0.39, 0.29) is 19.1 Å². The number of rotatable bonds is 22. The highest BCUT2D eigenvalue weighted by atomic mass is 19.1. The Morgan fingerprint density at radius 2 is 0.845 bits per heavy atom. The maximum atomic E-state index is 13.0. The molecule has 1 aliphatic rings. The molecule has 58 heavy (non-hydrogen) atoms. The molecule has 0 atom stereocenters. The normalized spacial score (nSPS) is 11.5. The van der Waals surface area contributed by atoms with Gasteiger partial charge in [0.25, 0.3) is 0 Å². The second-order valence-corrected chi connectivity index (χ2v) is 13.7. The summed E-state index contributed by atoms with van der Waals surface area (Å²) < 4.78 is 57.7. The van der Waals surface area contributed by atoms with E-state index in [9.17, 15) is 28.0 Å².